The van der Waals surface area contributed by atoms with Gasteiger partial charge in [0.2, 0.25) is 0 Å². The van der Waals surface area contributed by atoms with E-state index in [9.17, 15) is 14.4 Å². The molecule has 2 amide bonds. The fourth-order valence-corrected chi connectivity index (χ4v) is 4.00. The first kappa shape index (κ1) is 23.1. The number of piperazine rings is 1. The molecule has 0 radical (unpaired) electrons. The van der Waals surface area contributed by atoms with E-state index in [2.05, 4.69) is 0 Å². The van der Waals surface area contributed by atoms with Gasteiger partial charge in [0.1, 0.15) is 17.1 Å². The molecule has 1 fully saturated rings. The Bertz CT molecular complexity index is 1210. The van der Waals surface area contributed by atoms with Crippen molar-refractivity contribution in [2.24, 2.45) is 0 Å². The smallest absolute Gasteiger partial charge is 0.263 e. The van der Waals surface area contributed by atoms with Gasteiger partial charge in [-0.05, 0) is 29.8 Å². The molecule has 0 bridgehead atoms. The molecule has 34 heavy (non-hydrogen) atoms. The molecule has 1 aliphatic rings. The normalized spacial score (nSPS) is 13.5. The predicted octanol–water partition coefficient (Wildman–Crippen LogP) is 2.51. The van der Waals surface area contributed by atoms with E-state index in [1.54, 1.807) is 50.9 Å². The van der Waals surface area contributed by atoms with Crippen molar-refractivity contribution in [1.29, 1.82) is 0 Å². The van der Waals surface area contributed by atoms with Gasteiger partial charge in [0.05, 0.1) is 20.8 Å². The van der Waals surface area contributed by atoms with Crippen molar-refractivity contribution < 1.29 is 19.1 Å². The van der Waals surface area contributed by atoms with Gasteiger partial charge in [-0.1, -0.05) is 30.3 Å². The standard InChI is InChI=1S/C26H27N3O5/c1-33-21-15-20(16-22(17-21)34-2)24(30)27-11-13-28(14-12-27)25(31)23-9-6-10-29(26(23)32)18-19-7-4-3-5-8-19/h3-10,15-17H,11-14,18H2,1-2H3. The lowest BCUT2D eigenvalue weighted by molar-refractivity contribution is 0.0534. The number of carbonyl (C=O) groups is 2. The molecule has 1 aliphatic heterocycles. The SMILES string of the molecule is COc1cc(OC)cc(C(=O)N2CCN(C(=O)c3cccn(Cc4ccccc4)c3=O)CC2)c1. The molecule has 8 heteroatoms. The quantitative estimate of drug-likeness (QED) is 0.564. The van der Waals surface area contributed by atoms with Gasteiger partial charge in [-0.3, -0.25) is 14.4 Å². The maximum atomic E-state index is 13.1. The van der Waals surface area contributed by atoms with Gasteiger partial charge in [-0.2, -0.15) is 0 Å². The molecule has 0 saturated carbocycles. The Morgan fingerprint density at radius 2 is 1.38 bits per heavy atom. The van der Waals surface area contributed by atoms with Crippen LogP contribution in [0.25, 0.3) is 0 Å². The highest BCUT2D eigenvalue weighted by Gasteiger charge is 2.27. The van der Waals surface area contributed by atoms with E-state index in [4.69, 9.17) is 9.47 Å². The molecule has 1 saturated heterocycles. The fourth-order valence-electron chi connectivity index (χ4n) is 4.00. The summed E-state index contributed by atoms with van der Waals surface area (Å²) in [5.41, 5.74) is 1.26. The van der Waals surface area contributed by atoms with Gasteiger partial charge in [0.15, 0.2) is 0 Å². The number of hydrogen-bond donors (Lipinski definition) is 0. The lowest BCUT2D eigenvalue weighted by atomic mass is 10.1. The number of amides is 2. The molecule has 2 aromatic carbocycles. The van der Waals surface area contributed by atoms with Crippen molar-refractivity contribution in [1.82, 2.24) is 14.4 Å². The Hall–Kier alpha value is -4.07. The van der Waals surface area contributed by atoms with E-state index in [-0.39, 0.29) is 22.9 Å². The third-order valence-electron chi connectivity index (χ3n) is 5.90. The zero-order valence-corrected chi connectivity index (χ0v) is 19.3. The number of nitrogens with zero attached hydrogens (tertiary/aromatic N) is 3. The van der Waals surface area contributed by atoms with E-state index in [0.717, 1.165) is 5.56 Å². The van der Waals surface area contributed by atoms with Crippen LogP contribution in [0.5, 0.6) is 11.5 Å². The fraction of sp³-hybridized carbons (Fsp3) is 0.269. The van der Waals surface area contributed by atoms with E-state index < -0.39 is 0 Å². The maximum Gasteiger partial charge on any atom is 0.263 e. The van der Waals surface area contributed by atoms with Crippen LogP contribution in [0.15, 0.2) is 71.7 Å². The summed E-state index contributed by atoms with van der Waals surface area (Å²) in [6, 6.07) is 17.9. The second-order valence-electron chi connectivity index (χ2n) is 8.03. The Labute approximate surface area is 197 Å². The van der Waals surface area contributed by atoms with E-state index in [0.29, 0.717) is 49.8 Å². The molecular weight excluding hydrogens is 434 g/mol. The van der Waals surface area contributed by atoms with Crippen LogP contribution < -0.4 is 15.0 Å². The van der Waals surface area contributed by atoms with Gasteiger partial charge < -0.3 is 23.8 Å². The van der Waals surface area contributed by atoms with Crippen molar-refractivity contribution in [3.8, 4) is 11.5 Å². The summed E-state index contributed by atoms with van der Waals surface area (Å²) in [5, 5.41) is 0. The van der Waals surface area contributed by atoms with Gasteiger partial charge in [0, 0.05) is 44.0 Å². The molecule has 8 nitrogen and oxygen atoms in total. The van der Waals surface area contributed by atoms with Crippen molar-refractivity contribution in [3.05, 3.63) is 93.9 Å². The van der Waals surface area contributed by atoms with Crippen LogP contribution in [0.3, 0.4) is 0 Å². The minimum atomic E-state index is -0.321. The first-order valence-corrected chi connectivity index (χ1v) is 11.0. The van der Waals surface area contributed by atoms with Crippen LogP contribution >= 0.6 is 0 Å². The minimum absolute atomic E-state index is 0.135. The van der Waals surface area contributed by atoms with Crippen LogP contribution in [-0.4, -0.2) is 66.6 Å². The first-order chi connectivity index (χ1) is 16.5. The third kappa shape index (κ3) is 4.96. The van der Waals surface area contributed by atoms with Gasteiger partial charge >= 0.3 is 0 Å². The molecule has 2 heterocycles. The molecule has 176 valence electrons. The number of methoxy groups -OCH3 is 2. The summed E-state index contributed by atoms with van der Waals surface area (Å²) in [6.45, 7) is 1.83. The van der Waals surface area contributed by atoms with Crippen LogP contribution in [-0.2, 0) is 6.54 Å². The average Bonchev–Trinajstić information content (AvgIpc) is 2.89. The van der Waals surface area contributed by atoms with Gasteiger partial charge in [-0.25, -0.2) is 0 Å². The molecule has 0 spiro atoms. The first-order valence-electron chi connectivity index (χ1n) is 11.0. The third-order valence-corrected chi connectivity index (χ3v) is 5.90. The molecule has 0 atom stereocenters. The van der Waals surface area contributed by atoms with E-state index in [1.165, 1.54) is 14.2 Å². The maximum absolute atomic E-state index is 13.1. The lowest BCUT2D eigenvalue weighted by Crippen LogP contribution is -2.51. The predicted molar refractivity (Wildman–Crippen MR) is 128 cm³/mol. The second kappa shape index (κ2) is 10.2. The average molecular weight is 462 g/mol. The number of ether oxygens (including phenoxy) is 2. The Balaban J connectivity index is 1.44. The number of rotatable bonds is 6. The van der Waals surface area contributed by atoms with Crippen LogP contribution in [0.1, 0.15) is 26.3 Å². The van der Waals surface area contributed by atoms with Crippen LogP contribution in [0.4, 0.5) is 0 Å². The minimum Gasteiger partial charge on any atom is -0.497 e. The summed E-state index contributed by atoms with van der Waals surface area (Å²) in [6.07, 6.45) is 1.69. The molecular formula is C26H27N3O5. The van der Waals surface area contributed by atoms with Crippen LogP contribution in [0, 0.1) is 0 Å². The molecule has 0 unspecified atom stereocenters. The second-order valence-corrected chi connectivity index (χ2v) is 8.03. The van der Waals surface area contributed by atoms with E-state index >= 15 is 0 Å². The number of benzene rings is 2. The lowest BCUT2D eigenvalue weighted by Gasteiger charge is -2.34. The Kier molecular flexibility index (Phi) is 6.96. The summed E-state index contributed by atoms with van der Waals surface area (Å²) < 4.78 is 12.1. The summed E-state index contributed by atoms with van der Waals surface area (Å²) >= 11 is 0. The van der Waals surface area contributed by atoms with E-state index in [1.807, 2.05) is 30.3 Å². The van der Waals surface area contributed by atoms with Crippen molar-refractivity contribution in [2.75, 3.05) is 40.4 Å². The Morgan fingerprint density at radius 1 is 0.794 bits per heavy atom. The number of hydrogen-bond acceptors (Lipinski definition) is 5. The van der Waals surface area contributed by atoms with Crippen molar-refractivity contribution in [2.45, 2.75) is 6.54 Å². The highest BCUT2D eigenvalue weighted by Crippen LogP contribution is 2.24. The highest BCUT2D eigenvalue weighted by molar-refractivity contribution is 5.96. The number of carbonyl (C=O) groups excluding carboxylic acids is 2. The van der Waals surface area contributed by atoms with Gasteiger partial charge in [-0.15, -0.1) is 0 Å². The largest absolute Gasteiger partial charge is 0.497 e. The monoisotopic (exact) mass is 461 g/mol. The summed E-state index contributed by atoms with van der Waals surface area (Å²) in [7, 11) is 3.07. The van der Waals surface area contributed by atoms with Crippen LogP contribution in [0.2, 0.25) is 0 Å². The number of aromatic nitrogens is 1. The van der Waals surface area contributed by atoms with Gasteiger partial charge in [0.25, 0.3) is 17.4 Å². The van der Waals surface area contributed by atoms with Crippen molar-refractivity contribution in [3.63, 3.8) is 0 Å². The summed E-state index contributed by atoms with van der Waals surface area (Å²) in [5.74, 6) is 0.594. The topological polar surface area (TPSA) is 81.1 Å². The molecule has 0 N–H and O–H groups in total. The molecule has 1 aromatic heterocycles. The molecule has 0 aliphatic carbocycles. The molecule has 4 rings (SSSR count). The number of pyridine rings is 1. The summed E-state index contributed by atoms with van der Waals surface area (Å²) in [4.78, 5) is 42.4. The zero-order valence-electron chi connectivity index (χ0n) is 19.3. The zero-order chi connectivity index (χ0) is 24.1. The van der Waals surface area contributed by atoms with Crippen molar-refractivity contribution >= 4 is 11.8 Å². The Morgan fingerprint density at radius 3 is 1.97 bits per heavy atom. The highest BCUT2D eigenvalue weighted by atomic mass is 16.5. The molecule has 3 aromatic rings.